The number of hydrogen-bond donors (Lipinski definition) is 1. The Morgan fingerprint density at radius 2 is 1.89 bits per heavy atom. The van der Waals surface area contributed by atoms with Crippen LogP contribution in [-0.2, 0) is 0 Å². The Hall–Kier alpha value is -1.29. The van der Waals surface area contributed by atoms with Crippen LogP contribution in [0, 0.1) is 0 Å². The minimum absolute atomic E-state index is 0.417. The van der Waals surface area contributed by atoms with Gasteiger partial charge in [-0.3, -0.25) is 10.4 Å². The third-order valence-corrected chi connectivity index (χ3v) is 3.24. The lowest BCUT2D eigenvalue weighted by Crippen LogP contribution is -2.00. The highest BCUT2D eigenvalue weighted by molar-refractivity contribution is 6.41. The first-order chi connectivity index (χ1) is 9.08. The van der Waals surface area contributed by atoms with Crippen molar-refractivity contribution in [3.63, 3.8) is 0 Å². The van der Waals surface area contributed by atoms with Gasteiger partial charge in [-0.1, -0.05) is 40.9 Å². The summed E-state index contributed by atoms with van der Waals surface area (Å²) in [6.45, 7) is 1.86. The SMILES string of the molecule is CC(=NNc1c(Cl)cc(Cl)cc1Cl)c1cccnc1. The van der Waals surface area contributed by atoms with Gasteiger partial charge in [0.2, 0.25) is 0 Å². The highest BCUT2D eigenvalue weighted by atomic mass is 35.5. The van der Waals surface area contributed by atoms with E-state index >= 15 is 0 Å². The van der Waals surface area contributed by atoms with Gasteiger partial charge < -0.3 is 0 Å². The topological polar surface area (TPSA) is 37.3 Å². The molecule has 0 unspecified atom stereocenters. The zero-order valence-corrected chi connectivity index (χ0v) is 12.3. The number of benzene rings is 1. The van der Waals surface area contributed by atoms with E-state index in [0.29, 0.717) is 20.8 Å². The second-order valence-electron chi connectivity index (χ2n) is 3.80. The molecule has 6 heteroatoms. The lowest BCUT2D eigenvalue weighted by molar-refractivity contribution is 1.28. The Morgan fingerprint density at radius 3 is 2.47 bits per heavy atom. The van der Waals surface area contributed by atoms with Crippen molar-refractivity contribution in [2.45, 2.75) is 6.92 Å². The molecule has 0 aliphatic carbocycles. The molecule has 1 aromatic carbocycles. The highest BCUT2D eigenvalue weighted by Crippen LogP contribution is 2.33. The normalized spacial score (nSPS) is 11.5. The molecule has 3 nitrogen and oxygen atoms in total. The second-order valence-corrected chi connectivity index (χ2v) is 5.05. The van der Waals surface area contributed by atoms with Crippen molar-refractivity contribution in [2.24, 2.45) is 5.10 Å². The van der Waals surface area contributed by atoms with Crippen molar-refractivity contribution >= 4 is 46.2 Å². The van der Waals surface area contributed by atoms with Gasteiger partial charge in [-0.05, 0) is 25.1 Å². The minimum atomic E-state index is 0.417. The molecule has 98 valence electrons. The van der Waals surface area contributed by atoms with E-state index in [1.54, 1.807) is 24.5 Å². The summed E-state index contributed by atoms with van der Waals surface area (Å²) in [5.41, 5.74) is 5.05. The van der Waals surface area contributed by atoms with Crippen LogP contribution in [0.1, 0.15) is 12.5 Å². The van der Waals surface area contributed by atoms with Gasteiger partial charge in [-0.15, -0.1) is 0 Å². The van der Waals surface area contributed by atoms with Gasteiger partial charge in [0.15, 0.2) is 0 Å². The lowest BCUT2D eigenvalue weighted by Gasteiger charge is -2.08. The summed E-state index contributed by atoms with van der Waals surface area (Å²) in [6, 6.07) is 6.97. The molecule has 0 amide bonds. The first-order valence-electron chi connectivity index (χ1n) is 5.43. The van der Waals surface area contributed by atoms with Crippen molar-refractivity contribution in [2.75, 3.05) is 5.43 Å². The zero-order valence-electron chi connectivity index (χ0n) is 9.99. The zero-order chi connectivity index (χ0) is 13.8. The molecule has 0 radical (unpaired) electrons. The lowest BCUT2D eigenvalue weighted by atomic mass is 10.2. The first kappa shape index (κ1) is 14.1. The van der Waals surface area contributed by atoms with Gasteiger partial charge in [-0.2, -0.15) is 5.10 Å². The van der Waals surface area contributed by atoms with Crippen molar-refractivity contribution < 1.29 is 0 Å². The van der Waals surface area contributed by atoms with Crippen molar-refractivity contribution in [3.05, 3.63) is 57.3 Å². The van der Waals surface area contributed by atoms with Crippen LogP contribution in [0.4, 0.5) is 5.69 Å². The maximum Gasteiger partial charge on any atom is 0.0935 e. The average Bonchev–Trinajstić information content (AvgIpc) is 2.38. The summed E-state index contributed by atoms with van der Waals surface area (Å²) in [5, 5.41) is 5.54. The predicted molar refractivity (Wildman–Crippen MR) is 81.5 cm³/mol. The van der Waals surface area contributed by atoms with Crippen molar-refractivity contribution in [1.29, 1.82) is 0 Å². The van der Waals surface area contributed by atoms with E-state index in [1.165, 1.54) is 0 Å². The summed E-state index contributed by atoms with van der Waals surface area (Å²) in [6.07, 6.45) is 3.43. The highest BCUT2D eigenvalue weighted by Gasteiger charge is 2.07. The monoisotopic (exact) mass is 313 g/mol. The van der Waals surface area contributed by atoms with Gasteiger partial charge in [0, 0.05) is 23.0 Å². The quantitative estimate of drug-likeness (QED) is 0.647. The number of aromatic nitrogens is 1. The molecule has 0 fully saturated rings. The van der Waals surface area contributed by atoms with Gasteiger partial charge in [0.05, 0.1) is 21.4 Å². The summed E-state index contributed by atoms with van der Waals surface area (Å²) in [4.78, 5) is 4.03. The van der Waals surface area contributed by atoms with Crippen molar-refractivity contribution in [1.82, 2.24) is 4.98 Å². The van der Waals surface area contributed by atoms with E-state index in [4.69, 9.17) is 34.8 Å². The van der Waals surface area contributed by atoms with E-state index < -0.39 is 0 Å². The van der Waals surface area contributed by atoms with E-state index in [0.717, 1.165) is 11.3 Å². The van der Waals surface area contributed by atoms with Crippen LogP contribution in [0.2, 0.25) is 15.1 Å². The van der Waals surface area contributed by atoms with Crippen LogP contribution in [0.5, 0.6) is 0 Å². The third kappa shape index (κ3) is 3.60. The Morgan fingerprint density at radius 1 is 1.21 bits per heavy atom. The first-order valence-corrected chi connectivity index (χ1v) is 6.56. The number of nitrogens with one attached hydrogen (secondary N) is 1. The molecule has 1 aromatic heterocycles. The predicted octanol–water partition coefficient (Wildman–Crippen LogP) is 4.88. The fourth-order valence-electron chi connectivity index (χ4n) is 1.43. The number of hydrogen-bond acceptors (Lipinski definition) is 3. The molecule has 0 saturated carbocycles. The van der Waals surface area contributed by atoms with Gasteiger partial charge in [-0.25, -0.2) is 0 Å². The van der Waals surface area contributed by atoms with Crippen LogP contribution in [-0.4, -0.2) is 10.7 Å². The van der Waals surface area contributed by atoms with E-state index in [1.807, 2.05) is 19.1 Å². The molecule has 0 bridgehead atoms. The van der Waals surface area contributed by atoms with Crippen LogP contribution in [0.25, 0.3) is 0 Å². The fourth-order valence-corrected chi connectivity index (χ4v) is 2.33. The molecule has 0 saturated heterocycles. The van der Waals surface area contributed by atoms with Crippen LogP contribution in [0.3, 0.4) is 0 Å². The maximum absolute atomic E-state index is 6.05. The Bertz CT molecular complexity index is 589. The Balaban J connectivity index is 2.23. The minimum Gasteiger partial charge on any atom is -0.275 e. The molecule has 0 atom stereocenters. The Kier molecular flexibility index (Phi) is 4.64. The number of anilines is 1. The van der Waals surface area contributed by atoms with Crippen LogP contribution < -0.4 is 5.43 Å². The van der Waals surface area contributed by atoms with Gasteiger partial charge >= 0.3 is 0 Å². The van der Waals surface area contributed by atoms with Gasteiger partial charge in [0.1, 0.15) is 0 Å². The molecule has 0 aliphatic rings. The van der Waals surface area contributed by atoms with E-state index in [2.05, 4.69) is 15.5 Å². The number of nitrogens with zero attached hydrogens (tertiary/aromatic N) is 2. The largest absolute Gasteiger partial charge is 0.275 e. The number of pyridine rings is 1. The van der Waals surface area contributed by atoms with Crippen LogP contribution in [0.15, 0.2) is 41.8 Å². The third-order valence-electron chi connectivity index (χ3n) is 2.42. The summed E-state index contributed by atoms with van der Waals surface area (Å²) in [7, 11) is 0. The Labute approximate surface area is 126 Å². The molecule has 19 heavy (non-hydrogen) atoms. The second kappa shape index (κ2) is 6.24. The molecule has 2 aromatic rings. The molecule has 0 aliphatic heterocycles. The average molecular weight is 315 g/mol. The number of halogens is 3. The molecular weight excluding hydrogens is 305 g/mol. The standard InChI is InChI=1S/C13H10Cl3N3/c1-8(9-3-2-4-17-7-9)18-19-13-11(15)5-10(14)6-12(13)16/h2-7,19H,1H3. The molecule has 2 rings (SSSR count). The fraction of sp³-hybridized carbons (Fsp3) is 0.0769. The molecule has 0 spiro atoms. The van der Waals surface area contributed by atoms with E-state index in [9.17, 15) is 0 Å². The number of rotatable bonds is 3. The van der Waals surface area contributed by atoms with E-state index in [-0.39, 0.29) is 0 Å². The number of hydrazone groups is 1. The molecular formula is C13H10Cl3N3. The molecule has 1 heterocycles. The van der Waals surface area contributed by atoms with Crippen molar-refractivity contribution in [3.8, 4) is 0 Å². The van der Waals surface area contributed by atoms with Crippen LogP contribution >= 0.6 is 34.8 Å². The maximum atomic E-state index is 6.05. The van der Waals surface area contributed by atoms with Gasteiger partial charge in [0.25, 0.3) is 0 Å². The molecule has 1 N–H and O–H groups in total. The summed E-state index contributed by atoms with van der Waals surface area (Å²) < 4.78 is 0. The summed E-state index contributed by atoms with van der Waals surface area (Å²) in [5.74, 6) is 0. The summed E-state index contributed by atoms with van der Waals surface area (Å²) >= 11 is 17.9. The smallest absolute Gasteiger partial charge is 0.0935 e.